The lowest BCUT2D eigenvalue weighted by Gasteiger charge is -2.10. The van der Waals surface area contributed by atoms with Crippen LogP contribution in [0.5, 0.6) is 0 Å². The number of benzene rings is 3. The predicted molar refractivity (Wildman–Crippen MR) is 118 cm³/mol. The van der Waals surface area contributed by atoms with E-state index in [0.29, 0.717) is 5.69 Å². The summed E-state index contributed by atoms with van der Waals surface area (Å²) in [5, 5.41) is 5.29. The number of para-hydroxylation sites is 3. The molecular weight excluding hydrogens is 379 g/mol. The molecule has 1 aromatic heterocycles. The zero-order chi connectivity index (χ0) is 20.9. The van der Waals surface area contributed by atoms with Crippen molar-refractivity contribution in [2.45, 2.75) is 26.3 Å². The van der Waals surface area contributed by atoms with Crippen LogP contribution in [0.4, 0.5) is 20.6 Å². The van der Waals surface area contributed by atoms with Gasteiger partial charge in [0.05, 0.1) is 16.7 Å². The minimum atomic E-state index is -0.481. The summed E-state index contributed by atoms with van der Waals surface area (Å²) in [5.41, 5.74) is 4.05. The summed E-state index contributed by atoms with van der Waals surface area (Å²) in [5.74, 6) is 0.578. The van der Waals surface area contributed by atoms with Crippen LogP contribution < -0.4 is 10.6 Å². The Morgan fingerprint density at radius 2 is 1.77 bits per heavy atom. The van der Waals surface area contributed by atoms with Gasteiger partial charge in [0.25, 0.3) is 0 Å². The van der Waals surface area contributed by atoms with Gasteiger partial charge in [0.15, 0.2) is 0 Å². The Morgan fingerprint density at radius 3 is 2.60 bits per heavy atom. The van der Waals surface area contributed by atoms with E-state index in [2.05, 4.69) is 28.2 Å². The van der Waals surface area contributed by atoms with E-state index in [1.165, 1.54) is 12.1 Å². The van der Waals surface area contributed by atoms with Gasteiger partial charge < -0.3 is 15.2 Å². The molecule has 1 heterocycles. The van der Waals surface area contributed by atoms with Crippen molar-refractivity contribution in [1.82, 2.24) is 9.55 Å². The van der Waals surface area contributed by atoms with Crippen molar-refractivity contribution in [1.29, 1.82) is 0 Å². The molecule has 0 spiro atoms. The molecule has 6 heteroatoms. The van der Waals surface area contributed by atoms with Crippen molar-refractivity contribution in [2.24, 2.45) is 0 Å². The third-order valence-electron chi connectivity index (χ3n) is 4.99. The monoisotopic (exact) mass is 402 g/mol. The first-order valence-electron chi connectivity index (χ1n) is 9.99. The van der Waals surface area contributed by atoms with Crippen molar-refractivity contribution in [2.75, 3.05) is 10.6 Å². The van der Waals surface area contributed by atoms with Gasteiger partial charge in [-0.05, 0) is 55.3 Å². The molecule has 0 aliphatic carbocycles. The SMILES string of the molecule is CCn1c(CCc2cccc(NC(=O)Nc3ccccc3F)c2)nc2ccccc21. The minimum absolute atomic E-state index is 0.143. The van der Waals surface area contributed by atoms with Gasteiger partial charge in [0.2, 0.25) is 0 Å². The van der Waals surface area contributed by atoms with Gasteiger partial charge in [0.1, 0.15) is 11.6 Å². The number of rotatable bonds is 6. The van der Waals surface area contributed by atoms with Crippen LogP contribution in [-0.2, 0) is 19.4 Å². The van der Waals surface area contributed by atoms with E-state index < -0.39 is 11.8 Å². The third kappa shape index (κ3) is 4.33. The Kier molecular flexibility index (Phi) is 5.75. The number of nitrogens with zero attached hydrogens (tertiary/aromatic N) is 2. The molecule has 0 radical (unpaired) electrons. The second-order valence-corrected chi connectivity index (χ2v) is 7.02. The maximum absolute atomic E-state index is 13.7. The highest BCUT2D eigenvalue weighted by atomic mass is 19.1. The standard InChI is InChI=1S/C24H23FN4O/c1-2-29-22-13-6-5-12-21(22)27-23(29)15-14-17-8-7-9-18(16-17)26-24(30)28-20-11-4-3-10-19(20)25/h3-13,16H,2,14-15H2,1H3,(H2,26,28,30). The molecule has 0 aliphatic rings. The number of imidazole rings is 1. The Morgan fingerprint density at radius 1 is 0.967 bits per heavy atom. The van der Waals surface area contributed by atoms with Gasteiger partial charge in [0, 0.05) is 18.7 Å². The molecule has 0 saturated carbocycles. The lowest BCUT2D eigenvalue weighted by Crippen LogP contribution is -2.20. The molecule has 5 nitrogen and oxygen atoms in total. The number of carbonyl (C=O) groups is 1. The number of aryl methyl sites for hydroxylation is 3. The first-order chi connectivity index (χ1) is 14.6. The van der Waals surface area contributed by atoms with Crippen LogP contribution in [0.1, 0.15) is 18.3 Å². The number of hydrogen-bond donors (Lipinski definition) is 2. The smallest absolute Gasteiger partial charge is 0.323 e. The zero-order valence-electron chi connectivity index (χ0n) is 16.7. The second-order valence-electron chi connectivity index (χ2n) is 7.02. The Hall–Kier alpha value is -3.67. The number of urea groups is 1. The molecule has 3 aromatic carbocycles. The van der Waals surface area contributed by atoms with E-state index in [9.17, 15) is 9.18 Å². The van der Waals surface area contributed by atoms with Crippen LogP contribution in [0, 0.1) is 5.82 Å². The van der Waals surface area contributed by atoms with Gasteiger partial charge in [-0.2, -0.15) is 0 Å². The highest BCUT2D eigenvalue weighted by Gasteiger charge is 2.10. The summed E-state index contributed by atoms with van der Waals surface area (Å²) in [6.45, 7) is 2.99. The average molecular weight is 402 g/mol. The predicted octanol–water partition coefficient (Wildman–Crippen LogP) is 5.62. The van der Waals surface area contributed by atoms with E-state index in [4.69, 9.17) is 4.98 Å². The molecule has 2 N–H and O–H groups in total. The first-order valence-corrected chi connectivity index (χ1v) is 9.99. The van der Waals surface area contributed by atoms with Crippen LogP contribution in [0.25, 0.3) is 11.0 Å². The van der Waals surface area contributed by atoms with Crippen LogP contribution in [-0.4, -0.2) is 15.6 Å². The number of aromatic nitrogens is 2. The number of fused-ring (bicyclic) bond motifs is 1. The second kappa shape index (κ2) is 8.78. The molecular formula is C24H23FN4O. The normalized spacial score (nSPS) is 10.9. The summed E-state index contributed by atoms with van der Waals surface area (Å²) in [6.07, 6.45) is 1.60. The third-order valence-corrected chi connectivity index (χ3v) is 4.99. The fourth-order valence-electron chi connectivity index (χ4n) is 3.58. The van der Waals surface area contributed by atoms with Crippen LogP contribution in [0.2, 0.25) is 0 Å². The van der Waals surface area contributed by atoms with Crippen LogP contribution in [0.3, 0.4) is 0 Å². The highest BCUT2D eigenvalue weighted by Crippen LogP contribution is 2.19. The fraction of sp³-hybridized carbons (Fsp3) is 0.167. The Balaban J connectivity index is 1.43. The average Bonchev–Trinajstić information content (AvgIpc) is 3.11. The van der Waals surface area contributed by atoms with Gasteiger partial charge in [-0.25, -0.2) is 14.2 Å². The number of hydrogen-bond acceptors (Lipinski definition) is 2. The summed E-state index contributed by atoms with van der Waals surface area (Å²) < 4.78 is 15.9. The van der Waals surface area contributed by atoms with Gasteiger partial charge in [-0.3, -0.25) is 0 Å². The van der Waals surface area contributed by atoms with E-state index in [0.717, 1.165) is 41.8 Å². The maximum atomic E-state index is 13.7. The maximum Gasteiger partial charge on any atom is 0.323 e. The van der Waals surface area contributed by atoms with E-state index in [1.54, 1.807) is 12.1 Å². The number of nitrogens with one attached hydrogen (secondary N) is 2. The molecule has 4 rings (SSSR count). The van der Waals surface area contributed by atoms with E-state index in [1.807, 2.05) is 42.5 Å². The molecule has 0 fully saturated rings. The Bertz CT molecular complexity index is 1180. The van der Waals surface area contributed by atoms with Crippen molar-refractivity contribution in [3.8, 4) is 0 Å². The van der Waals surface area contributed by atoms with Gasteiger partial charge >= 0.3 is 6.03 Å². The molecule has 0 bridgehead atoms. The van der Waals surface area contributed by atoms with Crippen molar-refractivity contribution >= 4 is 28.4 Å². The summed E-state index contributed by atoms with van der Waals surface area (Å²) in [4.78, 5) is 17.0. The summed E-state index contributed by atoms with van der Waals surface area (Å²) in [7, 11) is 0. The Labute approximate surface area is 174 Å². The molecule has 4 aromatic rings. The fourth-order valence-corrected chi connectivity index (χ4v) is 3.58. The van der Waals surface area contributed by atoms with Crippen molar-refractivity contribution in [3.05, 3.63) is 90.0 Å². The quantitative estimate of drug-likeness (QED) is 0.439. The number of anilines is 2. The zero-order valence-corrected chi connectivity index (χ0v) is 16.7. The number of halogens is 1. The van der Waals surface area contributed by atoms with Crippen LogP contribution in [0.15, 0.2) is 72.8 Å². The lowest BCUT2D eigenvalue weighted by atomic mass is 10.1. The molecule has 0 saturated heterocycles. The molecule has 0 aliphatic heterocycles. The van der Waals surface area contributed by atoms with E-state index >= 15 is 0 Å². The highest BCUT2D eigenvalue weighted by molar-refractivity contribution is 5.99. The number of carbonyl (C=O) groups excluding carboxylic acids is 1. The van der Waals surface area contributed by atoms with Crippen molar-refractivity contribution in [3.63, 3.8) is 0 Å². The summed E-state index contributed by atoms with van der Waals surface area (Å²) >= 11 is 0. The topological polar surface area (TPSA) is 59.0 Å². The molecule has 2 amide bonds. The van der Waals surface area contributed by atoms with Gasteiger partial charge in [-0.15, -0.1) is 0 Å². The first kappa shape index (κ1) is 19.6. The van der Waals surface area contributed by atoms with Crippen LogP contribution >= 0.6 is 0 Å². The van der Waals surface area contributed by atoms with E-state index in [-0.39, 0.29) is 5.69 Å². The molecule has 0 atom stereocenters. The van der Waals surface area contributed by atoms with Gasteiger partial charge in [-0.1, -0.05) is 36.4 Å². The summed E-state index contributed by atoms with van der Waals surface area (Å²) in [6, 6.07) is 21.4. The minimum Gasteiger partial charge on any atom is -0.328 e. The van der Waals surface area contributed by atoms with Crippen molar-refractivity contribution < 1.29 is 9.18 Å². The molecule has 30 heavy (non-hydrogen) atoms. The largest absolute Gasteiger partial charge is 0.328 e. The lowest BCUT2D eigenvalue weighted by molar-refractivity contribution is 0.262. The number of amides is 2. The molecule has 0 unspecified atom stereocenters. The molecule has 152 valence electrons.